The van der Waals surface area contributed by atoms with Crippen LogP contribution in [-0.2, 0) is 11.3 Å². The van der Waals surface area contributed by atoms with Gasteiger partial charge in [-0.05, 0) is 26.0 Å². The molecule has 19 heavy (non-hydrogen) atoms. The lowest BCUT2D eigenvalue weighted by atomic mass is 10.2. The van der Waals surface area contributed by atoms with Crippen LogP contribution in [0.5, 0.6) is 0 Å². The molecule has 1 N–H and O–H groups in total. The SMILES string of the molecule is CCCNc1ncccc1CN(CC)CCOCC. The molecule has 0 saturated heterocycles. The summed E-state index contributed by atoms with van der Waals surface area (Å²) in [4.78, 5) is 6.81. The molecule has 1 aromatic rings. The number of nitrogens with zero attached hydrogens (tertiary/aromatic N) is 2. The molecule has 0 spiro atoms. The fourth-order valence-corrected chi connectivity index (χ4v) is 1.90. The Labute approximate surface area is 117 Å². The lowest BCUT2D eigenvalue weighted by Crippen LogP contribution is -2.27. The molecule has 0 aliphatic heterocycles. The van der Waals surface area contributed by atoms with Crippen LogP contribution >= 0.6 is 0 Å². The van der Waals surface area contributed by atoms with Gasteiger partial charge in [0, 0.05) is 38.0 Å². The van der Waals surface area contributed by atoms with Crippen LogP contribution in [0, 0.1) is 0 Å². The predicted octanol–water partition coefficient (Wildman–Crippen LogP) is 2.76. The van der Waals surface area contributed by atoms with Gasteiger partial charge >= 0.3 is 0 Å². The Morgan fingerprint density at radius 3 is 2.84 bits per heavy atom. The lowest BCUT2D eigenvalue weighted by Gasteiger charge is -2.21. The minimum atomic E-state index is 0.785. The summed E-state index contributed by atoms with van der Waals surface area (Å²) in [6.07, 6.45) is 2.95. The fraction of sp³-hybridized carbons (Fsp3) is 0.667. The van der Waals surface area contributed by atoms with Crippen molar-refractivity contribution in [3.05, 3.63) is 23.9 Å². The van der Waals surface area contributed by atoms with E-state index in [4.69, 9.17) is 4.74 Å². The molecule has 0 radical (unpaired) electrons. The Morgan fingerprint density at radius 2 is 2.16 bits per heavy atom. The molecular formula is C15H27N3O. The first kappa shape index (κ1) is 15.9. The maximum Gasteiger partial charge on any atom is 0.130 e. The molecule has 0 atom stereocenters. The van der Waals surface area contributed by atoms with Crippen molar-refractivity contribution in [3.63, 3.8) is 0 Å². The smallest absolute Gasteiger partial charge is 0.130 e. The number of nitrogens with one attached hydrogen (secondary N) is 1. The highest BCUT2D eigenvalue weighted by Gasteiger charge is 2.08. The molecule has 1 aromatic heterocycles. The van der Waals surface area contributed by atoms with E-state index in [0.29, 0.717) is 0 Å². The minimum absolute atomic E-state index is 0.785. The summed E-state index contributed by atoms with van der Waals surface area (Å²) >= 11 is 0. The molecule has 0 amide bonds. The van der Waals surface area contributed by atoms with Crippen LogP contribution in [0.2, 0.25) is 0 Å². The number of rotatable bonds is 10. The standard InChI is InChI=1S/C15H27N3O/c1-4-9-16-15-14(8-7-10-17-15)13-18(5-2)11-12-19-6-3/h7-8,10H,4-6,9,11-13H2,1-3H3,(H,16,17). The summed E-state index contributed by atoms with van der Waals surface area (Å²) in [5, 5.41) is 3.39. The summed E-state index contributed by atoms with van der Waals surface area (Å²) in [5.74, 6) is 1.01. The number of pyridine rings is 1. The van der Waals surface area contributed by atoms with Gasteiger partial charge in [0.1, 0.15) is 5.82 Å². The third-order valence-corrected chi connectivity index (χ3v) is 3.03. The molecule has 0 saturated carbocycles. The Hall–Kier alpha value is -1.13. The zero-order valence-corrected chi connectivity index (χ0v) is 12.5. The number of aromatic nitrogens is 1. The molecule has 0 bridgehead atoms. The van der Waals surface area contributed by atoms with E-state index in [2.05, 4.69) is 35.1 Å². The van der Waals surface area contributed by atoms with Gasteiger partial charge in [-0.1, -0.05) is 19.9 Å². The van der Waals surface area contributed by atoms with Gasteiger partial charge in [0.15, 0.2) is 0 Å². The number of ether oxygens (including phenoxy) is 1. The van der Waals surface area contributed by atoms with Crippen LogP contribution in [0.1, 0.15) is 32.8 Å². The van der Waals surface area contributed by atoms with Gasteiger partial charge in [-0.3, -0.25) is 4.90 Å². The molecule has 0 aliphatic rings. The van der Waals surface area contributed by atoms with Crippen LogP contribution in [0.25, 0.3) is 0 Å². The summed E-state index contributed by atoms with van der Waals surface area (Å²) in [6, 6.07) is 4.15. The Kier molecular flexibility index (Phi) is 8.18. The number of hydrogen-bond donors (Lipinski definition) is 1. The van der Waals surface area contributed by atoms with Crippen molar-refractivity contribution in [2.24, 2.45) is 0 Å². The van der Waals surface area contributed by atoms with Gasteiger partial charge in [0.05, 0.1) is 6.61 Å². The van der Waals surface area contributed by atoms with E-state index in [1.165, 1.54) is 5.56 Å². The molecule has 108 valence electrons. The van der Waals surface area contributed by atoms with E-state index in [0.717, 1.165) is 51.6 Å². The normalized spacial score (nSPS) is 10.9. The second-order valence-corrected chi connectivity index (χ2v) is 4.50. The topological polar surface area (TPSA) is 37.4 Å². The number of anilines is 1. The Bertz CT molecular complexity index is 344. The second kappa shape index (κ2) is 9.75. The van der Waals surface area contributed by atoms with Crippen molar-refractivity contribution in [3.8, 4) is 0 Å². The average Bonchev–Trinajstić information content (AvgIpc) is 2.45. The molecule has 1 heterocycles. The summed E-state index contributed by atoms with van der Waals surface area (Å²) in [5.41, 5.74) is 1.26. The minimum Gasteiger partial charge on any atom is -0.380 e. The Morgan fingerprint density at radius 1 is 1.32 bits per heavy atom. The predicted molar refractivity (Wildman–Crippen MR) is 80.5 cm³/mol. The molecule has 1 rings (SSSR count). The number of hydrogen-bond acceptors (Lipinski definition) is 4. The van der Waals surface area contributed by atoms with Crippen LogP contribution in [0.3, 0.4) is 0 Å². The number of likely N-dealkylation sites (N-methyl/N-ethyl adjacent to an activating group) is 1. The average molecular weight is 265 g/mol. The van der Waals surface area contributed by atoms with Crippen molar-refractivity contribution in [1.29, 1.82) is 0 Å². The van der Waals surface area contributed by atoms with Crippen molar-refractivity contribution >= 4 is 5.82 Å². The molecule has 4 nitrogen and oxygen atoms in total. The maximum atomic E-state index is 5.43. The van der Waals surface area contributed by atoms with E-state index in [9.17, 15) is 0 Å². The van der Waals surface area contributed by atoms with Gasteiger partial charge in [0.2, 0.25) is 0 Å². The summed E-state index contributed by atoms with van der Waals surface area (Å²) in [6.45, 7) is 11.8. The molecule has 0 aromatic carbocycles. The first-order valence-corrected chi connectivity index (χ1v) is 7.29. The highest BCUT2D eigenvalue weighted by Crippen LogP contribution is 2.14. The van der Waals surface area contributed by atoms with Crippen molar-refractivity contribution in [2.45, 2.75) is 33.7 Å². The quantitative estimate of drug-likeness (QED) is 0.660. The van der Waals surface area contributed by atoms with Gasteiger partial charge in [-0.25, -0.2) is 4.98 Å². The molecule has 0 unspecified atom stereocenters. The van der Waals surface area contributed by atoms with E-state index < -0.39 is 0 Å². The van der Waals surface area contributed by atoms with Gasteiger partial charge in [0.25, 0.3) is 0 Å². The van der Waals surface area contributed by atoms with Gasteiger partial charge < -0.3 is 10.1 Å². The monoisotopic (exact) mass is 265 g/mol. The molecular weight excluding hydrogens is 238 g/mol. The van der Waals surface area contributed by atoms with E-state index in [1.807, 2.05) is 19.2 Å². The van der Waals surface area contributed by atoms with Crippen LogP contribution in [0.4, 0.5) is 5.82 Å². The van der Waals surface area contributed by atoms with E-state index in [1.54, 1.807) is 0 Å². The van der Waals surface area contributed by atoms with Crippen LogP contribution in [-0.4, -0.2) is 42.7 Å². The fourth-order valence-electron chi connectivity index (χ4n) is 1.90. The molecule has 0 fully saturated rings. The van der Waals surface area contributed by atoms with Gasteiger partial charge in [-0.15, -0.1) is 0 Å². The molecule has 4 heteroatoms. The third-order valence-electron chi connectivity index (χ3n) is 3.03. The largest absolute Gasteiger partial charge is 0.380 e. The van der Waals surface area contributed by atoms with Crippen molar-refractivity contribution < 1.29 is 4.74 Å². The van der Waals surface area contributed by atoms with E-state index >= 15 is 0 Å². The highest BCUT2D eigenvalue weighted by atomic mass is 16.5. The summed E-state index contributed by atoms with van der Waals surface area (Å²) in [7, 11) is 0. The third kappa shape index (κ3) is 6.03. The highest BCUT2D eigenvalue weighted by molar-refractivity contribution is 5.43. The first-order valence-electron chi connectivity index (χ1n) is 7.29. The zero-order valence-electron chi connectivity index (χ0n) is 12.5. The summed E-state index contributed by atoms with van der Waals surface area (Å²) < 4.78 is 5.43. The van der Waals surface area contributed by atoms with Crippen molar-refractivity contribution in [1.82, 2.24) is 9.88 Å². The van der Waals surface area contributed by atoms with Crippen molar-refractivity contribution in [2.75, 3.05) is 38.2 Å². The lowest BCUT2D eigenvalue weighted by molar-refractivity contribution is 0.113. The first-order chi connectivity index (χ1) is 9.31. The zero-order chi connectivity index (χ0) is 13.9. The van der Waals surface area contributed by atoms with E-state index in [-0.39, 0.29) is 0 Å². The van der Waals surface area contributed by atoms with Crippen LogP contribution in [0.15, 0.2) is 18.3 Å². The molecule has 0 aliphatic carbocycles. The maximum absolute atomic E-state index is 5.43. The van der Waals surface area contributed by atoms with Crippen LogP contribution < -0.4 is 5.32 Å². The van der Waals surface area contributed by atoms with Gasteiger partial charge in [-0.2, -0.15) is 0 Å². The Balaban J connectivity index is 2.57. The second-order valence-electron chi connectivity index (χ2n) is 4.50.